The highest BCUT2D eigenvalue weighted by Gasteiger charge is 2.51. The van der Waals surface area contributed by atoms with Crippen LogP contribution >= 0.6 is 0 Å². The lowest BCUT2D eigenvalue weighted by Crippen LogP contribution is -2.56. The molecule has 5 heteroatoms. The number of hydrogen-bond donors (Lipinski definition) is 1. The minimum atomic E-state index is -0.607. The highest BCUT2D eigenvalue weighted by molar-refractivity contribution is 5.70. The second-order valence-corrected chi connectivity index (χ2v) is 6.03. The fourth-order valence-electron chi connectivity index (χ4n) is 3.55. The third-order valence-corrected chi connectivity index (χ3v) is 4.72. The van der Waals surface area contributed by atoms with Crippen LogP contribution in [-0.2, 0) is 19.0 Å². The zero-order chi connectivity index (χ0) is 15.6. The highest BCUT2D eigenvalue weighted by Crippen LogP contribution is 2.44. The van der Waals surface area contributed by atoms with Crippen molar-refractivity contribution in [3.8, 4) is 0 Å². The lowest BCUT2D eigenvalue weighted by molar-refractivity contribution is -0.221. The number of methoxy groups -OCH3 is 1. The van der Waals surface area contributed by atoms with Gasteiger partial charge in [-0.15, -0.1) is 0 Å². The normalized spacial score (nSPS) is 30.4. The molecule has 2 fully saturated rings. The largest absolute Gasteiger partial charge is 0.469 e. The van der Waals surface area contributed by atoms with E-state index in [4.69, 9.17) is 14.2 Å². The van der Waals surface area contributed by atoms with E-state index in [2.05, 4.69) is 24.4 Å². The Morgan fingerprint density at radius 2 is 2.00 bits per heavy atom. The Morgan fingerprint density at radius 3 is 2.64 bits per heavy atom. The fourth-order valence-corrected chi connectivity index (χ4v) is 3.55. The molecule has 2 aliphatic heterocycles. The molecule has 120 valence electrons. The smallest absolute Gasteiger partial charge is 0.307 e. The summed E-state index contributed by atoms with van der Waals surface area (Å²) in [5, 5.41) is 3.58. The Morgan fingerprint density at radius 1 is 1.32 bits per heavy atom. The van der Waals surface area contributed by atoms with Crippen LogP contribution in [-0.4, -0.2) is 38.1 Å². The predicted molar refractivity (Wildman–Crippen MR) is 81.2 cm³/mol. The van der Waals surface area contributed by atoms with Gasteiger partial charge in [-0.25, -0.2) is 0 Å². The second-order valence-electron chi connectivity index (χ2n) is 6.03. The van der Waals surface area contributed by atoms with Crippen LogP contribution in [0.15, 0.2) is 30.3 Å². The van der Waals surface area contributed by atoms with Gasteiger partial charge in [0, 0.05) is 24.4 Å². The molecule has 5 nitrogen and oxygen atoms in total. The SMILES string of the molecule is COC(=O)CC1CC2(OCCO2)[C@H](C)C(c2ccccc2)N1. The highest BCUT2D eigenvalue weighted by atomic mass is 16.7. The molecule has 3 atom stereocenters. The lowest BCUT2D eigenvalue weighted by Gasteiger charge is -2.46. The summed E-state index contributed by atoms with van der Waals surface area (Å²) in [6.45, 7) is 3.36. The van der Waals surface area contributed by atoms with E-state index in [-0.39, 0.29) is 24.0 Å². The van der Waals surface area contributed by atoms with Gasteiger partial charge in [-0.2, -0.15) is 0 Å². The van der Waals surface area contributed by atoms with E-state index in [1.54, 1.807) is 0 Å². The summed E-state index contributed by atoms with van der Waals surface area (Å²) in [4.78, 5) is 11.7. The molecule has 1 aromatic rings. The Hall–Kier alpha value is -1.43. The van der Waals surface area contributed by atoms with Crippen molar-refractivity contribution < 1.29 is 19.0 Å². The molecule has 0 aromatic heterocycles. The summed E-state index contributed by atoms with van der Waals surface area (Å²) < 4.78 is 16.8. The third kappa shape index (κ3) is 2.89. The van der Waals surface area contributed by atoms with E-state index in [1.807, 2.05) is 18.2 Å². The van der Waals surface area contributed by atoms with E-state index in [0.29, 0.717) is 26.1 Å². The molecule has 0 saturated carbocycles. The lowest BCUT2D eigenvalue weighted by atomic mass is 9.79. The van der Waals surface area contributed by atoms with E-state index >= 15 is 0 Å². The van der Waals surface area contributed by atoms with Crippen molar-refractivity contribution in [2.24, 2.45) is 5.92 Å². The van der Waals surface area contributed by atoms with Crippen LogP contribution in [0.5, 0.6) is 0 Å². The van der Waals surface area contributed by atoms with Crippen LogP contribution in [0.25, 0.3) is 0 Å². The van der Waals surface area contributed by atoms with Crippen LogP contribution in [0.3, 0.4) is 0 Å². The summed E-state index contributed by atoms with van der Waals surface area (Å²) in [6.07, 6.45) is 0.980. The average molecular weight is 305 g/mol. The number of benzene rings is 1. The quantitative estimate of drug-likeness (QED) is 0.866. The first-order valence-corrected chi connectivity index (χ1v) is 7.80. The van der Waals surface area contributed by atoms with Gasteiger partial charge in [0.2, 0.25) is 0 Å². The molecule has 1 N–H and O–H groups in total. The van der Waals surface area contributed by atoms with Crippen molar-refractivity contribution in [2.75, 3.05) is 20.3 Å². The first kappa shape index (κ1) is 15.5. The summed E-state index contributed by atoms with van der Waals surface area (Å²) in [6, 6.07) is 10.3. The molecule has 22 heavy (non-hydrogen) atoms. The summed E-state index contributed by atoms with van der Waals surface area (Å²) in [7, 11) is 1.42. The van der Waals surface area contributed by atoms with Crippen LogP contribution in [0, 0.1) is 5.92 Å². The van der Waals surface area contributed by atoms with Gasteiger partial charge in [0.25, 0.3) is 0 Å². The Bertz CT molecular complexity index is 513. The first-order chi connectivity index (χ1) is 10.6. The minimum absolute atomic E-state index is 0.0213. The number of esters is 1. The van der Waals surface area contributed by atoms with Crippen molar-refractivity contribution in [3.05, 3.63) is 35.9 Å². The maximum Gasteiger partial charge on any atom is 0.307 e. The van der Waals surface area contributed by atoms with Gasteiger partial charge in [0.05, 0.1) is 26.7 Å². The van der Waals surface area contributed by atoms with Crippen molar-refractivity contribution in [2.45, 2.75) is 37.6 Å². The van der Waals surface area contributed by atoms with Crippen LogP contribution < -0.4 is 5.32 Å². The molecule has 3 rings (SSSR count). The molecule has 2 aliphatic rings. The monoisotopic (exact) mass is 305 g/mol. The first-order valence-electron chi connectivity index (χ1n) is 7.80. The van der Waals surface area contributed by atoms with Gasteiger partial charge in [0.15, 0.2) is 5.79 Å². The zero-order valence-electron chi connectivity index (χ0n) is 13.1. The predicted octanol–water partition coefficient (Wildman–Crippen LogP) is 2.03. The van der Waals surface area contributed by atoms with Gasteiger partial charge in [-0.05, 0) is 5.56 Å². The molecule has 2 saturated heterocycles. The van der Waals surface area contributed by atoms with Crippen molar-refractivity contribution in [1.29, 1.82) is 0 Å². The third-order valence-electron chi connectivity index (χ3n) is 4.72. The van der Waals surface area contributed by atoms with Crippen molar-refractivity contribution in [1.82, 2.24) is 5.32 Å². The number of carbonyl (C=O) groups is 1. The van der Waals surface area contributed by atoms with Gasteiger partial charge < -0.3 is 19.5 Å². The molecule has 0 bridgehead atoms. The molecule has 1 aromatic carbocycles. The molecule has 2 heterocycles. The number of rotatable bonds is 3. The molecule has 1 spiro atoms. The minimum Gasteiger partial charge on any atom is -0.469 e. The number of hydrogen-bond acceptors (Lipinski definition) is 5. The standard InChI is InChI=1S/C17H23NO4/c1-12-16(13-6-4-3-5-7-13)18-14(10-15(19)20-2)11-17(12)21-8-9-22-17/h3-7,12,14,16,18H,8-11H2,1-2H3/t12-,14?,16?/m1/s1. The molecule has 2 unspecified atom stereocenters. The molecular weight excluding hydrogens is 282 g/mol. The van der Waals surface area contributed by atoms with E-state index in [9.17, 15) is 4.79 Å². The van der Waals surface area contributed by atoms with Gasteiger partial charge in [-0.3, -0.25) is 4.79 Å². The van der Waals surface area contributed by atoms with Gasteiger partial charge in [-0.1, -0.05) is 37.3 Å². The average Bonchev–Trinajstić information content (AvgIpc) is 3.00. The van der Waals surface area contributed by atoms with E-state index in [1.165, 1.54) is 12.7 Å². The number of nitrogens with one attached hydrogen (secondary N) is 1. The van der Waals surface area contributed by atoms with Crippen LogP contribution in [0.4, 0.5) is 0 Å². The number of ether oxygens (including phenoxy) is 3. The Kier molecular flexibility index (Phi) is 4.47. The Balaban J connectivity index is 1.86. The fraction of sp³-hybridized carbons (Fsp3) is 0.588. The van der Waals surface area contributed by atoms with Gasteiger partial charge in [0.1, 0.15) is 0 Å². The topological polar surface area (TPSA) is 56.8 Å². The van der Waals surface area contributed by atoms with Crippen LogP contribution in [0.2, 0.25) is 0 Å². The number of carbonyl (C=O) groups excluding carboxylic acids is 1. The summed E-state index contributed by atoms with van der Waals surface area (Å²) in [5.41, 5.74) is 1.18. The molecule has 0 radical (unpaired) electrons. The molecule has 0 amide bonds. The van der Waals surface area contributed by atoms with Crippen molar-refractivity contribution >= 4 is 5.97 Å². The summed E-state index contributed by atoms with van der Waals surface area (Å²) >= 11 is 0. The van der Waals surface area contributed by atoms with Crippen molar-refractivity contribution in [3.63, 3.8) is 0 Å². The zero-order valence-corrected chi connectivity index (χ0v) is 13.1. The summed E-state index contributed by atoms with van der Waals surface area (Å²) in [5.74, 6) is -0.664. The second kappa shape index (κ2) is 6.36. The van der Waals surface area contributed by atoms with Gasteiger partial charge >= 0.3 is 5.97 Å². The van der Waals surface area contributed by atoms with Crippen LogP contribution in [0.1, 0.15) is 31.4 Å². The maximum absolute atomic E-state index is 11.7. The molecular formula is C17H23NO4. The van der Waals surface area contributed by atoms with E-state index in [0.717, 1.165) is 0 Å². The Labute approximate surface area is 130 Å². The maximum atomic E-state index is 11.7. The molecule has 0 aliphatic carbocycles. The van der Waals surface area contributed by atoms with E-state index < -0.39 is 5.79 Å². The number of piperidine rings is 1.